The van der Waals surface area contributed by atoms with Crippen LogP contribution < -0.4 is 5.56 Å². The minimum Gasteiger partial charge on any atom is -0.275 e. The summed E-state index contributed by atoms with van der Waals surface area (Å²) in [6, 6.07) is 42.0. The minimum absolute atomic E-state index is 0.00939. The number of allylic oxidation sites excluding steroid dienone is 2. The van der Waals surface area contributed by atoms with E-state index in [4.69, 9.17) is 0 Å². The van der Waals surface area contributed by atoms with Crippen molar-refractivity contribution in [3.8, 4) is 22.3 Å². The first-order valence-corrected chi connectivity index (χ1v) is 13.5. The van der Waals surface area contributed by atoms with Crippen molar-refractivity contribution in [1.82, 2.24) is 4.40 Å². The van der Waals surface area contributed by atoms with Crippen molar-refractivity contribution < 1.29 is 0 Å². The lowest BCUT2D eigenvalue weighted by atomic mass is 9.94. The van der Waals surface area contributed by atoms with Gasteiger partial charge in [-0.3, -0.25) is 9.20 Å². The van der Waals surface area contributed by atoms with Crippen molar-refractivity contribution in [1.29, 1.82) is 0 Å². The van der Waals surface area contributed by atoms with E-state index in [-0.39, 0.29) is 5.56 Å². The molecule has 0 amide bonds. The van der Waals surface area contributed by atoms with Crippen LogP contribution in [0.4, 0.5) is 0 Å². The zero-order chi connectivity index (χ0) is 27.2. The molecule has 5 aromatic carbocycles. The van der Waals surface area contributed by atoms with E-state index in [0.29, 0.717) is 0 Å². The number of pyridine rings is 1. The van der Waals surface area contributed by atoms with Gasteiger partial charge in [-0.1, -0.05) is 110 Å². The van der Waals surface area contributed by atoms with Crippen LogP contribution in [0.2, 0.25) is 0 Å². The van der Waals surface area contributed by atoms with Crippen molar-refractivity contribution in [2.45, 2.75) is 6.92 Å². The average molecular weight is 514 g/mol. The predicted molar refractivity (Wildman–Crippen MR) is 170 cm³/mol. The van der Waals surface area contributed by atoms with Crippen LogP contribution in [0.5, 0.6) is 0 Å². The summed E-state index contributed by atoms with van der Waals surface area (Å²) in [5.41, 5.74) is 10.2. The Kier molecular flexibility index (Phi) is 5.68. The highest BCUT2D eigenvalue weighted by Crippen LogP contribution is 2.39. The molecule has 0 spiro atoms. The molecule has 0 atom stereocenters. The second kappa shape index (κ2) is 9.52. The SMILES string of the molecule is C=C/C(=C\c1c(C)c(=O)n2c3ccc(-c4ccccc4)cc3c3cc(-c4ccccc4)cc1c32)c1ccccc1. The molecule has 0 radical (unpaired) electrons. The molecule has 0 bridgehead atoms. The number of rotatable bonds is 5. The molecule has 2 aromatic heterocycles. The maximum atomic E-state index is 14.1. The number of benzene rings is 5. The van der Waals surface area contributed by atoms with Crippen LogP contribution in [0.1, 0.15) is 16.7 Å². The van der Waals surface area contributed by atoms with Gasteiger partial charge in [-0.05, 0) is 76.2 Å². The molecule has 0 aliphatic rings. The first-order chi connectivity index (χ1) is 19.6. The summed E-state index contributed by atoms with van der Waals surface area (Å²) in [6.45, 7) is 6.04. The van der Waals surface area contributed by atoms with Crippen LogP contribution in [0.15, 0.2) is 139 Å². The average Bonchev–Trinajstić information content (AvgIpc) is 3.35. The molecular weight excluding hydrogens is 486 g/mol. The molecule has 0 unspecified atom stereocenters. The molecular formula is C38H27NO. The molecule has 0 saturated carbocycles. The van der Waals surface area contributed by atoms with Gasteiger partial charge in [0.25, 0.3) is 5.56 Å². The van der Waals surface area contributed by atoms with E-state index in [2.05, 4.69) is 104 Å². The molecule has 40 heavy (non-hydrogen) atoms. The topological polar surface area (TPSA) is 21.5 Å². The van der Waals surface area contributed by atoms with Crippen LogP contribution in [0, 0.1) is 6.92 Å². The summed E-state index contributed by atoms with van der Waals surface area (Å²) in [5, 5.41) is 3.21. The molecule has 2 nitrogen and oxygen atoms in total. The summed E-state index contributed by atoms with van der Waals surface area (Å²) in [6.07, 6.45) is 3.99. The lowest BCUT2D eigenvalue weighted by Gasteiger charge is -2.13. The third-order valence-corrected chi connectivity index (χ3v) is 7.92. The van der Waals surface area contributed by atoms with Crippen LogP contribution in [0.3, 0.4) is 0 Å². The lowest BCUT2D eigenvalue weighted by molar-refractivity contribution is 1.13. The Balaban J connectivity index is 1.63. The molecule has 0 saturated heterocycles. The van der Waals surface area contributed by atoms with Crippen LogP contribution >= 0.6 is 0 Å². The molecule has 0 aliphatic carbocycles. The second-order valence-electron chi connectivity index (χ2n) is 10.2. The highest BCUT2D eigenvalue weighted by molar-refractivity contribution is 6.18. The van der Waals surface area contributed by atoms with E-state index in [9.17, 15) is 4.79 Å². The number of hydrogen-bond donors (Lipinski definition) is 0. The fourth-order valence-electron chi connectivity index (χ4n) is 5.89. The van der Waals surface area contributed by atoms with Gasteiger partial charge in [0.15, 0.2) is 0 Å². The van der Waals surface area contributed by atoms with E-state index < -0.39 is 0 Å². The number of fused-ring (bicyclic) bond motifs is 3. The van der Waals surface area contributed by atoms with Gasteiger partial charge in [-0.15, -0.1) is 0 Å². The van der Waals surface area contributed by atoms with Gasteiger partial charge in [0.2, 0.25) is 0 Å². The quantitative estimate of drug-likeness (QED) is 0.210. The third kappa shape index (κ3) is 3.77. The summed E-state index contributed by atoms with van der Waals surface area (Å²) in [7, 11) is 0. The molecule has 7 aromatic rings. The molecule has 0 fully saturated rings. The smallest absolute Gasteiger partial charge is 0.259 e. The molecule has 2 heterocycles. The normalized spacial score (nSPS) is 12.0. The van der Waals surface area contributed by atoms with Gasteiger partial charge in [0.1, 0.15) is 0 Å². The Morgan fingerprint density at radius 3 is 1.88 bits per heavy atom. The first kappa shape index (κ1) is 23.9. The standard InChI is InChI=1S/C38H27NO/c1-3-26(27-13-7-4-8-14-27)21-32-25(2)38(40)39-36-20-19-30(28-15-9-5-10-16-28)22-33(36)35-24-31(23-34(32)37(35)39)29-17-11-6-12-18-29/h3-24H,1H2,2H3/b26-21+. The minimum atomic E-state index is 0.00939. The van der Waals surface area contributed by atoms with E-state index >= 15 is 0 Å². The van der Waals surface area contributed by atoms with Gasteiger partial charge in [-0.2, -0.15) is 0 Å². The van der Waals surface area contributed by atoms with E-state index in [1.165, 1.54) is 0 Å². The van der Waals surface area contributed by atoms with Gasteiger partial charge < -0.3 is 0 Å². The van der Waals surface area contributed by atoms with Crippen molar-refractivity contribution in [3.63, 3.8) is 0 Å². The number of nitrogens with zero attached hydrogens (tertiary/aromatic N) is 1. The van der Waals surface area contributed by atoms with Gasteiger partial charge >= 0.3 is 0 Å². The Hall–Kier alpha value is -5.21. The van der Waals surface area contributed by atoms with Crippen molar-refractivity contribution in [3.05, 3.63) is 161 Å². The van der Waals surface area contributed by atoms with E-state index in [0.717, 1.165) is 71.7 Å². The van der Waals surface area contributed by atoms with Gasteiger partial charge in [0.05, 0.1) is 11.0 Å². The fraction of sp³-hybridized carbons (Fsp3) is 0.0263. The Morgan fingerprint density at radius 2 is 1.23 bits per heavy atom. The monoisotopic (exact) mass is 513 g/mol. The molecule has 2 heteroatoms. The Morgan fingerprint density at radius 1 is 0.650 bits per heavy atom. The van der Waals surface area contributed by atoms with Crippen LogP contribution in [-0.4, -0.2) is 4.40 Å². The predicted octanol–water partition coefficient (Wildman–Crippen LogP) is 9.41. The van der Waals surface area contributed by atoms with E-state index in [1.54, 1.807) is 0 Å². The molecule has 0 aliphatic heterocycles. The lowest BCUT2D eigenvalue weighted by Crippen LogP contribution is -2.17. The highest BCUT2D eigenvalue weighted by atomic mass is 16.1. The largest absolute Gasteiger partial charge is 0.275 e. The molecule has 7 rings (SSSR count). The van der Waals surface area contributed by atoms with Crippen molar-refractivity contribution in [2.75, 3.05) is 0 Å². The van der Waals surface area contributed by atoms with Gasteiger partial charge in [-0.25, -0.2) is 0 Å². The molecule has 0 N–H and O–H groups in total. The summed E-state index contributed by atoms with van der Waals surface area (Å²) < 4.78 is 1.91. The van der Waals surface area contributed by atoms with E-state index in [1.807, 2.05) is 47.7 Å². The molecule has 190 valence electrons. The fourth-order valence-corrected chi connectivity index (χ4v) is 5.89. The summed E-state index contributed by atoms with van der Waals surface area (Å²) in [5.74, 6) is 0. The summed E-state index contributed by atoms with van der Waals surface area (Å²) >= 11 is 0. The number of hydrogen-bond acceptors (Lipinski definition) is 1. The number of aromatic nitrogens is 1. The van der Waals surface area contributed by atoms with Crippen LogP contribution in [-0.2, 0) is 0 Å². The third-order valence-electron chi connectivity index (χ3n) is 7.92. The zero-order valence-corrected chi connectivity index (χ0v) is 22.3. The maximum absolute atomic E-state index is 14.1. The highest BCUT2D eigenvalue weighted by Gasteiger charge is 2.20. The van der Waals surface area contributed by atoms with Crippen molar-refractivity contribution in [2.24, 2.45) is 0 Å². The first-order valence-electron chi connectivity index (χ1n) is 13.5. The van der Waals surface area contributed by atoms with Crippen molar-refractivity contribution >= 4 is 38.8 Å². The zero-order valence-electron chi connectivity index (χ0n) is 22.3. The Bertz CT molecular complexity index is 2120. The van der Waals surface area contributed by atoms with Gasteiger partial charge in [0, 0.05) is 21.7 Å². The Labute approximate surface area is 233 Å². The second-order valence-corrected chi connectivity index (χ2v) is 10.2. The maximum Gasteiger partial charge on any atom is 0.259 e. The summed E-state index contributed by atoms with van der Waals surface area (Å²) in [4.78, 5) is 14.1. The van der Waals surface area contributed by atoms with Crippen LogP contribution in [0.25, 0.3) is 61.1 Å².